The molecule has 0 radical (unpaired) electrons. The van der Waals surface area contributed by atoms with Gasteiger partial charge in [-0.1, -0.05) is 19.3 Å². The lowest BCUT2D eigenvalue weighted by Crippen LogP contribution is -2.38. The molecule has 0 unspecified atom stereocenters. The first kappa shape index (κ1) is 18.8. The molecule has 1 aliphatic heterocycles. The Morgan fingerprint density at radius 2 is 1.75 bits per heavy atom. The summed E-state index contributed by atoms with van der Waals surface area (Å²) in [6.45, 7) is 0.751. The molecule has 0 bridgehead atoms. The Morgan fingerprint density at radius 1 is 1.04 bits per heavy atom. The number of nitrogens with zero attached hydrogens (tertiary/aromatic N) is 1. The van der Waals surface area contributed by atoms with Crippen molar-refractivity contribution < 1.29 is 19.5 Å². The van der Waals surface area contributed by atoms with Gasteiger partial charge < -0.3 is 20.6 Å². The third-order valence-corrected chi connectivity index (χ3v) is 6.67. The highest BCUT2D eigenvalue weighted by Gasteiger charge is 2.55. The van der Waals surface area contributed by atoms with Crippen molar-refractivity contribution in [2.75, 3.05) is 18.4 Å². The third kappa shape index (κ3) is 3.45. The van der Waals surface area contributed by atoms with Gasteiger partial charge in [-0.05, 0) is 55.9 Å². The van der Waals surface area contributed by atoms with Gasteiger partial charge in [-0.3, -0.25) is 9.59 Å². The lowest BCUT2D eigenvalue weighted by atomic mass is 9.81. The van der Waals surface area contributed by atoms with Crippen molar-refractivity contribution in [2.45, 2.75) is 51.0 Å². The van der Waals surface area contributed by atoms with E-state index in [4.69, 9.17) is 0 Å². The molecule has 2 atom stereocenters. The van der Waals surface area contributed by atoms with Crippen LogP contribution in [0.2, 0.25) is 0 Å². The number of likely N-dealkylation sites (tertiary alicyclic amines) is 1. The quantitative estimate of drug-likeness (QED) is 0.742. The first-order chi connectivity index (χ1) is 13.5. The van der Waals surface area contributed by atoms with Gasteiger partial charge in [-0.15, -0.1) is 0 Å². The number of urea groups is 1. The molecule has 3 amide bonds. The summed E-state index contributed by atoms with van der Waals surface area (Å²) in [4.78, 5) is 38.3. The van der Waals surface area contributed by atoms with E-state index < -0.39 is 11.4 Å². The molecule has 2 aliphatic carbocycles. The number of carboxylic acids is 1. The van der Waals surface area contributed by atoms with E-state index in [1.807, 2.05) is 0 Å². The Kier molecular flexibility index (Phi) is 5.00. The molecule has 4 rings (SSSR count). The Hall–Kier alpha value is -2.57. The zero-order chi connectivity index (χ0) is 19.7. The lowest BCUT2D eigenvalue weighted by Gasteiger charge is -2.23. The van der Waals surface area contributed by atoms with Crippen molar-refractivity contribution in [3.63, 3.8) is 0 Å². The minimum absolute atomic E-state index is 0.0393. The number of hydrogen-bond donors (Lipinski definition) is 3. The second-order valence-electron chi connectivity index (χ2n) is 8.39. The molecule has 7 nitrogen and oxygen atoms in total. The molecule has 1 saturated heterocycles. The number of fused-ring (bicyclic) bond motifs is 1. The van der Waals surface area contributed by atoms with Crippen LogP contribution in [0, 0.1) is 11.3 Å². The van der Waals surface area contributed by atoms with Crippen LogP contribution in [0.4, 0.5) is 10.5 Å². The Balaban J connectivity index is 1.35. The molecule has 1 aromatic rings. The number of nitrogens with one attached hydrogen (secondary N) is 2. The molecule has 2 saturated carbocycles. The van der Waals surface area contributed by atoms with Crippen LogP contribution < -0.4 is 10.6 Å². The van der Waals surface area contributed by atoms with Crippen molar-refractivity contribution in [1.29, 1.82) is 0 Å². The van der Waals surface area contributed by atoms with Crippen LogP contribution in [0.1, 0.15) is 55.3 Å². The smallest absolute Gasteiger partial charge is 0.321 e. The summed E-state index contributed by atoms with van der Waals surface area (Å²) in [6, 6.07) is 6.83. The minimum atomic E-state index is -0.789. The summed E-state index contributed by atoms with van der Waals surface area (Å²) in [6.07, 6.45) is 6.81. The van der Waals surface area contributed by atoms with Crippen LogP contribution in [0.25, 0.3) is 0 Å². The van der Waals surface area contributed by atoms with Crippen molar-refractivity contribution >= 4 is 23.6 Å². The molecule has 3 aliphatic rings. The molecule has 3 N–H and O–H groups in total. The van der Waals surface area contributed by atoms with E-state index >= 15 is 0 Å². The van der Waals surface area contributed by atoms with E-state index in [1.54, 1.807) is 29.2 Å². The third-order valence-electron chi connectivity index (χ3n) is 6.67. The predicted octanol–water partition coefficient (Wildman–Crippen LogP) is 3.08. The highest BCUT2D eigenvalue weighted by Crippen LogP contribution is 2.48. The topological polar surface area (TPSA) is 98.7 Å². The molecule has 150 valence electrons. The number of aliphatic carboxylic acids is 1. The number of carbonyl (C=O) groups is 3. The second kappa shape index (κ2) is 7.45. The van der Waals surface area contributed by atoms with E-state index in [1.165, 1.54) is 0 Å². The van der Waals surface area contributed by atoms with E-state index in [0.29, 0.717) is 24.2 Å². The van der Waals surface area contributed by atoms with E-state index in [-0.39, 0.29) is 30.4 Å². The van der Waals surface area contributed by atoms with Gasteiger partial charge in [0.1, 0.15) is 0 Å². The molecule has 7 heteroatoms. The van der Waals surface area contributed by atoms with Gasteiger partial charge in [0.15, 0.2) is 0 Å². The Bertz CT molecular complexity index is 772. The van der Waals surface area contributed by atoms with Crippen LogP contribution in [0.3, 0.4) is 0 Å². The van der Waals surface area contributed by atoms with Crippen LogP contribution >= 0.6 is 0 Å². The highest BCUT2D eigenvalue weighted by molar-refractivity contribution is 5.96. The summed E-state index contributed by atoms with van der Waals surface area (Å²) in [7, 11) is 0. The number of hydrogen-bond acceptors (Lipinski definition) is 3. The van der Waals surface area contributed by atoms with Crippen molar-refractivity contribution in [1.82, 2.24) is 10.2 Å². The molecule has 28 heavy (non-hydrogen) atoms. The van der Waals surface area contributed by atoms with Gasteiger partial charge >= 0.3 is 12.0 Å². The summed E-state index contributed by atoms with van der Waals surface area (Å²) in [5, 5.41) is 15.5. The number of benzene rings is 1. The van der Waals surface area contributed by atoms with Gasteiger partial charge in [0.2, 0.25) is 0 Å². The van der Waals surface area contributed by atoms with Gasteiger partial charge in [-0.25, -0.2) is 4.79 Å². The average Bonchev–Trinajstić information content (AvgIpc) is 3.38. The number of carboxylic acid groups (broad SMARTS) is 1. The van der Waals surface area contributed by atoms with Crippen LogP contribution in [-0.2, 0) is 4.79 Å². The monoisotopic (exact) mass is 385 g/mol. The molecule has 0 aromatic heterocycles. The van der Waals surface area contributed by atoms with Gasteiger partial charge in [0.05, 0.1) is 5.41 Å². The fraction of sp³-hybridized carbons (Fsp3) is 0.571. The minimum Gasteiger partial charge on any atom is -0.481 e. The molecule has 1 heterocycles. The van der Waals surface area contributed by atoms with Crippen molar-refractivity contribution in [3.8, 4) is 0 Å². The maximum absolute atomic E-state index is 12.6. The standard InChI is InChI=1S/C21H27N3O4/c25-18(22-16-5-1-2-6-16)14-7-9-17(10-8-14)23-20(28)24-12-15-4-3-11-21(15,13-24)19(26)27/h7-10,15-16H,1-6,11-13H2,(H,22,25)(H,23,28)(H,26,27)/t15-,21+/m0/s1. The fourth-order valence-corrected chi connectivity index (χ4v) is 5.04. The van der Waals surface area contributed by atoms with Gasteiger partial charge in [0.25, 0.3) is 5.91 Å². The summed E-state index contributed by atoms with van der Waals surface area (Å²) in [5.41, 5.74) is 0.397. The molecule has 1 aromatic carbocycles. The van der Waals surface area contributed by atoms with Crippen molar-refractivity contribution in [3.05, 3.63) is 29.8 Å². The highest BCUT2D eigenvalue weighted by atomic mass is 16.4. The zero-order valence-corrected chi connectivity index (χ0v) is 15.9. The molecule has 3 fully saturated rings. The van der Waals surface area contributed by atoms with Crippen molar-refractivity contribution in [2.24, 2.45) is 11.3 Å². The maximum atomic E-state index is 12.6. The van der Waals surface area contributed by atoms with Crippen LogP contribution in [-0.4, -0.2) is 47.0 Å². The number of rotatable bonds is 4. The van der Waals surface area contributed by atoms with E-state index in [9.17, 15) is 19.5 Å². The SMILES string of the molecule is O=C(NC1CCCC1)c1ccc(NC(=O)N2C[C@@H]3CCC[C@@]3(C(=O)O)C2)cc1. The van der Waals surface area contributed by atoms with Crippen LogP contribution in [0.15, 0.2) is 24.3 Å². The predicted molar refractivity (Wildman–Crippen MR) is 104 cm³/mol. The molecule has 0 spiro atoms. The largest absolute Gasteiger partial charge is 0.481 e. The number of amides is 3. The van der Waals surface area contributed by atoms with E-state index in [0.717, 1.165) is 38.5 Å². The fourth-order valence-electron chi connectivity index (χ4n) is 5.04. The normalized spacial score (nSPS) is 26.9. The Labute approximate surface area is 164 Å². The summed E-state index contributed by atoms with van der Waals surface area (Å²) < 4.78 is 0. The summed E-state index contributed by atoms with van der Waals surface area (Å²) >= 11 is 0. The summed E-state index contributed by atoms with van der Waals surface area (Å²) in [5.74, 6) is -0.833. The number of carbonyl (C=O) groups excluding carboxylic acids is 2. The molecular weight excluding hydrogens is 358 g/mol. The zero-order valence-electron chi connectivity index (χ0n) is 15.9. The second-order valence-corrected chi connectivity index (χ2v) is 8.39. The van der Waals surface area contributed by atoms with Gasteiger partial charge in [0, 0.05) is 30.4 Å². The first-order valence-electron chi connectivity index (χ1n) is 10.2. The Morgan fingerprint density at radius 3 is 2.39 bits per heavy atom. The van der Waals surface area contributed by atoms with Gasteiger partial charge in [-0.2, -0.15) is 0 Å². The lowest BCUT2D eigenvalue weighted by molar-refractivity contribution is -0.149. The number of anilines is 1. The molecular formula is C21H27N3O4. The average molecular weight is 385 g/mol. The van der Waals surface area contributed by atoms with Crippen LogP contribution in [0.5, 0.6) is 0 Å². The maximum Gasteiger partial charge on any atom is 0.321 e. The van der Waals surface area contributed by atoms with E-state index in [2.05, 4.69) is 10.6 Å². The first-order valence-corrected chi connectivity index (χ1v) is 10.2.